The number of carbonyl (C=O) groups is 1. The van der Waals surface area contributed by atoms with Crippen LogP contribution in [-0.2, 0) is 10.3 Å². The molecule has 23 heavy (non-hydrogen) atoms. The molecule has 0 aliphatic heterocycles. The van der Waals surface area contributed by atoms with Gasteiger partial charge in [0.15, 0.2) is 0 Å². The van der Waals surface area contributed by atoms with Gasteiger partial charge in [0, 0.05) is 17.0 Å². The molecule has 3 nitrogen and oxygen atoms in total. The normalized spacial score (nSPS) is 27.3. The fourth-order valence-electron chi connectivity index (χ4n) is 3.56. The van der Waals surface area contributed by atoms with E-state index in [1.165, 1.54) is 11.3 Å². The van der Waals surface area contributed by atoms with E-state index in [0.29, 0.717) is 12.8 Å². The maximum atomic E-state index is 12.9. The zero-order valence-electron chi connectivity index (χ0n) is 13.1. The molecule has 2 atom stereocenters. The van der Waals surface area contributed by atoms with Gasteiger partial charge in [-0.15, -0.1) is 11.3 Å². The van der Waals surface area contributed by atoms with Gasteiger partial charge in [-0.3, -0.25) is 4.79 Å². The average Bonchev–Trinajstić information content (AvgIpc) is 2.88. The second kappa shape index (κ2) is 6.07. The quantitative estimate of drug-likeness (QED) is 0.886. The number of halogens is 3. The fraction of sp³-hybridized carbons (Fsp3) is 0.750. The summed E-state index contributed by atoms with van der Waals surface area (Å²) in [5.41, 5.74) is 0.474. The molecular weight excluding hydrogens is 325 g/mol. The van der Waals surface area contributed by atoms with Crippen molar-refractivity contribution in [1.82, 2.24) is 10.3 Å². The summed E-state index contributed by atoms with van der Waals surface area (Å²) in [6, 6.07) is 0. The predicted octanol–water partition coefficient (Wildman–Crippen LogP) is 4.32. The first-order chi connectivity index (χ1) is 10.8. The number of carbonyl (C=O) groups excluding carboxylic acids is 1. The summed E-state index contributed by atoms with van der Waals surface area (Å²) < 4.78 is 38.8. The lowest BCUT2D eigenvalue weighted by Gasteiger charge is -2.42. The molecule has 0 saturated heterocycles. The Morgan fingerprint density at radius 1 is 1.35 bits per heavy atom. The Hall–Kier alpha value is -1.11. The van der Waals surface area contributed by atoms with Gasteiger partial charge in [-0.05, 0) is 45.4 Å². The molecule has 1 aromatic heterocycles. The van der Waals surface area contributed by atoms with Crippen LogP contribution in [0.3, 0.4) is 0 Å². The van der Waals surface area contributed by atoms with E-state index < -0.39 is 23.6 Å². The zero-order chi connectivity index (χ0) is 16.7. The number of aromatic nitrogens is 1. The van der Waals surface area contributed by atoms with Crippen LogP contribution in [0.25, 0.3) is 0 Å². The van der Waals surface area contributed by atoms with E-state index in [4.69, 9.17) is 0 Å². The minimum absolute atomic E-state index is 0.0810. The van der Waals surface area contributed by atoms with Crippen molar-refractivity contribution >= 4 is 17.2 Å². The first-order valence-electron chi connectivity index (χ1n) is 8.11. The van der Waals surface area contributed by atoms with Gasteiger partial charge in [0.2, 0.25) is 5.91 Å². The molecule has 1 aromatic rings. The van der Waals surface area contributed by atoms with Gasteiger partial charge in [0.05, 0.1) is 11.5 Å². The molecule has 2 fully saturated rings. The van der Waals surface area contributed by atoms with Crippen LogP contribution in [0.2, 0.25) is 0 Å². The van der Waals surface area contributed by atoms with Crippen molar-refractivity contribution in [2.45, 2.75) is 63.6 Å². The lowest BCUT2D eigenvalue weighted by Crippen LogP contribution is -2.53. The Balaban J connectivity index is 1.68. The van der Waals surface area contributed by atoms with Crippen LogP contribution in [0.15, 0.2) is 5.38 Å². The second-order valence-corrected chi connectivity index (χ2v) is 7.68. The van der Waals surface area contributed by atoms with Crippen LogP contribution in [0.5, 0.6) is 0 Å². The molecule has 2 unspecified atom stereocenters. The van der Waals surface area contributed by atoms with E-state index in [0.717, 1.165) is 30.0 Å². The molecule has 128 valence electrons. The van der Waals surface area contributed by atoms with Crippen LogP contribution >= 0.6 is 11.3 Å². The third-order valence-electron chi connectivity index (χ3n) is 5.11. The monoisotopic (exact) mass is 346 g/mol. The van der Waals surface area contributed by atoms with Gasteiger partial charge in [0.1, 0.15) is 5.01 Å². The Labute approximate surface area is 137 Å². The Bertz CT molecular complexity index is 580. The molecule has 0 spiro atoms. The Morgan fingerprint density at radius 2 is 2.09 bits per heavy atom. The van der Waals surface area contributed by atoms with Crippen molar-refractivity contribution in [3.63, 3.8) is 0 Å². The van der Waals surface area contributed by atoms with Crippen LogP contribution in [-0.4, -0.2) is 17.1 Å². The van der Waals surface area contributed by atoms with Crippen molar-refractivity contribution in [3.8, 4) is 0 Å². The van der Waals surface area contributed by atoms with Crippen LogP contribution < -0.4 is 5.32 Å². The van der Waals surface area contributed by atoms with Crippen molar-refractivity contribution in [3.05, 3.63) is 16.1 Å². The summed E-state index contributed by atoms with van der Waals surface area (Å²) in [6.45, 7) is 1.91. The molecule has 1 N–H and O–H groups in total. The Morgan fingerprint density at radius 3 is 2.61 bits per heavy atom. The molecule has 3 rings (SSSR count). The summed E-state index contributed by atoms with van der Waals surface area (Å²) in [5.74, 6) is -2.10. The summed E-state index contributed by atoms with van der Waals surface area (Å²) in [5, 5.41) is 5.88. The summed E-state index contributed by atoms with van der Waals surface area (Å²) in [4.78, 5) is 17.0. The van der Waals surface area contributed by atoms with Crippen LogP contribution in [0.1, 0.15) is 55.6 Å². The standard InChI is InChI=1S/C16H21F3N2OS/c1-10-9-23-14(20-10)15(6-3-7-15)21-13(22)11-4-2-5-12(8-11)16(17,18)19/h9,11-12H,2-8H2,1H3,(H,21,22). The lowest BCUT2D eigenvalue weighted by atomic mass is 9.75. The minimum Gasteiger partial charge on any atom is -0.344 e. The molecule has 0 radical (unpaired) electrons. The highest BCUT2D eigenvalue weighted by Crippen LogP contribution is 2.44. The number of alkyl halides is 3. The molecule has 2 saturated carbocycles. The number of nitrogens with zero attached hydrogens (tertiary/aromatic N) is 1. The molecule has 2 aliphatic carbocycles. The number of rotatable bonds is 3. The lowest BCUT2D eigenvalue weighted by molar-refractivity contribution is -0.186. The van der Waals surface area contributed by atoms with Crippen LogP contribution in [0, 0.1) is 18.8 Å². The second-order valence-electron chi connectivity index (χ2n) is 6.82. The number of thiazole rings is 1. The summed E-state index contributed by atoms with van der Waals surface area (Å²) >= 11 is 1.52. The van der Waals surface area contributed by atoms with Gasteiger partial charge >= 0.3 is 6.18 Å². The maximum absolute atomic E-state index is 12.9. The molecule has 0 bridgehead atoms. The highest BCUT2D eigenvalue weighted by atomic mass is 32.1. The largest absolute Gasteiger partial charge is 0.391 e. The zero-order valence-corrected chi connectivity index (χ0v) is 13.9. The maximum Gasteiger partial charge on any atom is 0.391 e. The van der Waals surface area contributed by atoms with E-state index in [2.05, 4.69) is 10.3 Å². The first kappa shape index (κ1) is 16.7. The van der Waals surface area contributed by atoms with E-state index in [-0.39, 0.29) is 18.7 Å². The SMILES string of the molecule is Cc1csc(C2(NC(=O)C3CCCC(C(F)(F)F)C3)CCC2)n1. The molecule has 7 heteroatoms. The van der Waals surface area contributed by atoms with Crippen molar-refractivity contribution in [2.24, 2.45) is 11.8 Å². The Kier molecular flexibility index (Phi) is 4.42. The van der Waals surface area contributed by atoms with E-state index in [9.17, 15) is 18.0 Å². The molecule has 1 amide bonds. The number of hydrogen-bond acceptors (Lipinski definition) is 3. The van der Waals surface area contributed by atoms with Crippen molar-refractivity contribution in [2.75, 3.05) is 0 Å². The topological polar surface area (TPSA) is 42.0 Å². The van der Waals surface area contributed by atoms with Gasteiger partial charge < -0.3 is 5.32 Å². The smallest absolute Gasteiger partial charge is 0.344 e. The van der Waals surface area contributed by atoms with E-state index >= 15 is 0 Å². The van der Waals surface area contributed by atoms with Crippen molar-refractivity contribution in [1.29, 1.82) is 0 Å². The predicted molar refractivity (Wildman–Crippen MR) is 82.0 cm³/mol. The molecule has 0 aromatic carbocycles. The average molecular weight is 346 g/mol. The van der Waals surface area contributed by atoms with Crippen molar-refractivity contribution < 1.29 is 18.0 Å². The molecule has 1 heterocycles. The molecular formula is C16H21F3N2OS. The summed E-state index contributed by atoms with van der Waals surface area (Å²) in [6.07, 6.45) is -0.472. The number of aryl methyl sites for hydroxylation is 1. The summed E-state index contributed by atoms with van der Waals surface area (Å²) in [7, 11) is 0. The van der Waals surface area contributed by atoms with Gasteiger partial charge in [-0.2, -0.15) is 13.2 Å². The third-order valence-corrected chi connectivity index (χ3v) is 6.27. The van der Waals surface area contributed by atoms with Gasteiger partial charge in [-0.25, -0.2) is 4.98 Å². The third kappa shape index (κ3) is 3.39. The minimum atomic E-state index is -4.19. The fourth-order valence-corrected chi connectivity index (χ4v) is 4.57. The number of hydrogen-bond donors (Lipinski definition) is 1. The number of amides is 1. The van der Waals surface area contributed by atoms with Crippen LogP contribution in [0.4, 0.5) is 13.2 Å². The van der Waals surface area contributed by atoms with Gasteiger partial charge in [0.25, 0.3) is 0 Å². The van der Waals surface area contributed by atoms with Gasteiger partial charge in [-0.1, -0.05) is 6.42 Å². The van der Waals surface area contributed by atoms with E-state index in [1.54, 1.807) is 0 Å². The highest BCUT2D eigenvalue weighted by Gasteiger charge is 2.47. The molecule has 2 aliphatic rings. The van der Waals surface area contributed by atoms with E-state index in [1.807, 2.05) is 12.3 Å². The number of nitrogens with one attached hydrogen (secondary N) is 1. The first-order valence-corrected chi connectivity index (χ1v) is 8.99. The highest BCUT2D eigenvalue weighted by molar-refractivity contribution is 7.09.